The number of hydrogen-bond acceptors (Lipinski definition) is 3. The number of carbonyl (C=O) groups is 1. The lowest BCUT2D eigenvalue weighted by atomic mass is 10.1. The average Bonchev–Trinajstić information content (AvgIpc) is 3.17. The highest BCUT2D eigenvalue weighted by Gasteiger charge is 2.42. The molecule has 1 amide bonds. The Labute approximate surface area is 180 Å². The minimum absolute atomic E-state index is 0.0696. The zero-order valence-electron chi connectivity index (χ0n) is 15.8. The van der Waals surface area contributed by atoms with Crippen molar-refractivity contribution >= 4 is 23.2 Å². The van der Waals surface area contributed by atoms with E-state index in [0.29, 0.717) is 16.3 Å². The van der Waals surface area contributed by atoms with E-state index in [4.69, 9.17) is 20.8 Å². The van der Waals surface area contributed by atoms with E-state index < -0.39 is 52.4 Å². The van der Waals surface area contributed by atoms with Crippen molar-refractivity contribution in [1.82, 2.24) is 0 Å². The number of halogens is 8. The molecule has 170 valence electrons. The molecule has 0 aliphatic heterocycles. The molecule has 0 unspecified atom stereocenters. The average molecular weight is 482 g/mol. The Kier molecular flexibility index (Phi) is 6.40. The molecule has 0 aliphatic rings. The Bertz CT molecular complexity index is 1140. The minimum Gasteiger partial charge on any atom is -0.484 e. The maximum Gasteiger partial charge on any atom is 0.422 e. The summed E-state index contributed by atoms with van der Waals surface area (Å²) in [5, 5.41) is 1.78. The van der Waals surface area contributed by atoms with Crippen LogP contribution in [0.15, 0.2) is 34.7 Å². The molecular weight excluding hydrogens is 471 g/mol. The van der Waals surface area contributed by atoms with E-state index in [1.807, 2.05) is 0 Å². The zero-order valence-corrected chi connectivity index (χ0v) is 16.6. The number of furan rings is 1. The number of para-hydroxylation sites is 1. The van der Waals surface area contributed by atoms with Gasteiger partial charge in [0.05, 0.1) is 5.02 Å². The maximum atomic E-state index is 13.9. The second-order valence-corrected chi connectivity index (χ2v) is 6.81. The molecule has 0 atom stereocenters. The normalized spacial score (nSPS) is 11.5. The van der Waals surface area contributed by atoms with Crippen LogP contribution in [0.25, 0.3) is 0 Å². The van der Waals surface area contributed by atoms with E-state index in [9.17, 15) is 35.5 Å². The molecule has 4 nitrogen and oxygen atoms in total. The van der Waals surface area contributed by atoms with Gasteiger partial charge in [0.1, 0.15) is 29.4 Å². The van der Waals surface area contributed by atoms with Gasteiger partial charge in [-0.25, -0.2) is 17.6 Å². The highest BCUT2D eigenvalue weighted by molar-refractivity contribution is 6.32. The lowest BCUT2D eigenvalue weighted by molar-refractivity contribution is -0.143. The van der Waals surface area contributed by atoms with Gasteiger partial charge < -0.3 is 14.5 Å². The molecule has 0 spiro atoms. The lowest BCUT2D eigenvalue weighted by Crippen LogP contribution is -2.20. The first-order valence-corrected chi connectivity index (χ1v) is 9.00. The number of anilines is 1. The fourth-order valence-electron chi connectivity index (χ4n) is 2.69. The van der Waals surface area contributed by atoms with Gasteiger partial charge in [-0.3, -0.25) is 4.79 Å². The molecular formula is C20H11ClF7NO3. The van der Waals surface area contributed by atoms with E-state index in [-0.39, 0.29) is 12.4 Å². The number of rotatable bonds is 5. The molecule has 3 rings (SSSR count). The van der Waals surface area contributed by atoms with Crippen molar-refractivity contribution < 1.29 is 44.7 Å². The molecule has 3 aromatic rings. The van der Waals surface area contributed by atoms with Crippen LogP contribution in [0.4, 0.5) is 36.4 Å². The van der Waals surface area contributed by atoms with E-state index in [0.717, 1.165) is 6.07 Å². The van der Waals surface area contributed by atoms with Gasteiger partial charge in [-0.05, 0) is 30.7 Å². The van der Waals surface area contributed by atoms with Crippen molar-refractivity contribution in [3.63, 3.8) is 0 Å². The molecule has 0 saturated heterocycles. The first-order chi connectivity index (χ1) is 14.9. The van der Waals surface area contributed by atoms with Crippen LogP contribution in [0, 0.1) is 30.2 Å². The van der Waals surface area contributed by atoms with Crippen LogP contribution in [-0.4, -0.2) is 5.91 Å². The van der Waals surface area contributed by atoms with Crippen molar-refractivity contribution in [3.05, 3.63) is 81.3 Å². The Balaban J connectivity index is 1.80. The van der Waals surface area contributed by atoms with Crippen LogP contribution < -0.4 is 10.1 Å². The van der Waals surface area contributed by atoms with E-state index in [2.05, 4.69) is 0 Å². The summed E-state index contributed by atoms with van der Waals surface area (Å²) in [4.78, 5) is 12.2. The molecule has 12 heteroatoms. The number of alkyl halides is 3. The lowest BCUT2D eigenvalue weighted by Gasteiger charge is -2.14. The molecule has 1 N–H and O–H groups in total. The SMILES string of the molecule is Cc1cccc(Cl)c1OCc1ccc(C(=O)Nc2c(F)c(F)c(C(F)(F)F)c(F)c2F)o1. The number of ether oxygens (including phenoxy) is 1. The van der Waals surface area contributed by atoms with Crippen LogP contribution in [-0.2, 0) is 12.8 Å². The van der Waals surface area contributed by atoms with Crippen molar-refractivity contribution in [2.45, 2.75) is 19.7 Å². The Morgan fingerprint density at radius 2 is 1.66 bits per heavy atom. The summed E-state index contributed by atoms with van der Waals surface area (Å²) in [7, 11) is 0. The van der Waals surface area contributed by atoms with Gasteiger partial charge in [0.25, 0.3) is 5.91 Å². The zero-order chi connectivity index (χ0) is 23.8. The fraction of sp³-hybridized carbons (Fsp3) is 0.150. The van der Waals surface area contributed by atoms with Crippen molar-refractivity contribution in [3.8, 4) is 5.75 Å². The number of amides is 1. The first kappa shape index (κ1) is 23.5. The molecule has 0 bridgehead atoms. The largest absolute Gasteiger partial charge is 0.484 e. The standard InChI is InChI=1S/C20H11ClF7NO3/c1-8-3-2-4-10(21)18(8)31-7-9-5-6-11(32-9)19(30)29-17-15(24)13(22)12(20(26,27)28)14(23)16(17)25/h2-6H,7H2,1H3,(H,29,30). The third-order valence-electron chi connectivity index (χ3n) is 4.19. The first-order valence-electron chi connectivity index (χ1n) is 8.63. The molecule has 0 saturated carbocycles. The smallest absolute Gasteiger partial charge is 0.422 e. The summed E-state index contributed by atoms with van der Waals surface area (Å²) in [6.45, 7) is 1.53. The predicted octanol–water partition coefficient (Wildman–Crippen LogP) is 6.65. The van der Waals surface area contributed by atoms with Gasteiger partial charge >= 0.3 is 6.18 Å². The number of benzene rings is 2. The minimum atomic E-state index is -5.70. The molecule has 1 aromatic heterocycles. The van der Waals surface area contributed by atoms with Gasteiger partial charge in [-0.1, -0.05) is 23.7 Å². The van der Waals surface area contributed by atoms with Gasteiger partial charge in [0.2, 0.25) is 0 Å². The highest BCUT2D eigenvalue weighted by atomic mass is 35.5. The van der Waals surface area contributed by atoms with Crippen LogP contribution in [0.5, 0.6) is 5.75 Å². The summed E-state index contributed by atoms with van der Waals surface area (Å²) in [6.07, 6.45) is -5.70. The van der Waals surface area contributed by atoms with Gasteiger partial charge in [-0.2, -0.15) is 13.2 Å². The summed E-state index contributed by atoms with van der Waals surface area (Å²) in [5.74, 6) is -11.8. The highest BCUT2D eigenvalue weighted by Crippen LogP contribution is 2.38. The van der Waals surface area contributed by atoms with E-state index in [1.54, 1.807) is 25.1 Å². The molecule has 0 aliphatic carbocycles. The van der Waals surface area contributed by atoms with Crippen molar-refractivity contribution in [1.29, 1.82) is 0 Å². The quantitative estimate of drug-likeness (QED) is 0.328. The van der Waals surface area contributed by atoms with Crippen LogP contribution in [0.3, 0.4) is 0 Å². The molecule has 0 radical (unpaired) electrons. The molecule has 1 heterocycles. The van der Waals surface area contributed by atoms with E-state index in [1.165, 1.54) is 11.4 Å². The van der Waals surface area contributed by atoms with Crippen LogP contribution >= 0.6 is 11.6 Å². The monoisotopic (exact) mass is 481 g/mol. The molecule has 2 aromatic carbocycles. The molecule has 0 fully saturated rings. The molecule has 32 heavy (non-hydrogen) atoms. The second-order valence-electron chi connectivity index (χ2n) is 6.40. The maximum absolute atomic E-state index is 13.9. The summed E-state index contributed by atoms with van der Waals surface area (Å²) >= 11 is 6.01. The summed E-state index contributed by atoms with van der Waals surface area (Å²) < 4.78 is 104. The number of aryl methyl sites for hydroxylation is 1. The predicted molar refractivity (Wildman–Crippen MR) is 98.5 cm³/mol. The Morgan fingerprint density at radius 3 is 2.22 bits per heavy atom. The van der Waals surface area contributed by atoms with Gasteiger partial charge in [-0.15, -0.1) is 0 Å². The fourth-order valence-corrected chi connectivity index (χ4v) is 2.96. The van der Waals surface area contributed by atoms with Crippen LogP contribution in [0.1, 0.15) is 27.4 Å². The number of carbonyl (C=O) groups excluding carboxylic acids is 1. The van der Waals surface area contributed by atoms with Gasteiger partial charge in [0.15, 0.2) is 29.0 Å². The van der Waals surface area contributed by atoms with Crippen molar-refractivity contribution in [2.75, 3.05) is 5.32 Å². The topological polar surface area (TPSA) is 51.5 Å². The Morgan fingerprint density at radius 1 is 1.03 bits per heavy atom. The number of hydrogen-bond donors (Lipinski definition) is 1. The number of nitrogens with one attached hydrogen (secondary N) is 1. The second kappa shape index (κ2) is 8.73. The van der Waals surface area contributed by atoms with Crippen molar-refractivity contribution in [2.24, 2.45) is 0 Å². The van der Waals surface area contributed by atoms with Crippen LogP contribution in [0.2, 0.25) is 5.02 Å². The van der Waals surface area contributed by atoms with Gasteiger partial charge in [0, 0.05) is 0 Å². The third kappa shape index (κ3) is 4.52. The van der Waals surface area contributed by atoms with E-state index >= 15 is 0 Å². The summed E-state index contributed by atoms with van der Waals surface area (Å²) in [6, 6.07) is 7.33. The summed E-state index contributed by atoms with van der Waals surface area (Å²) in [5.41, 5.74) is -3.78. The third-order valence-corrected chi connectivity index (χ3v) is 4.49. The Hall–Kier alpha value is -3.21.